The van der Waals surface area contributed by atoms with Gasteiger partial charge in [-0.3, -0.25) is 4.68 Å². The van der Waals surface area contributed by atoms with E-state index >= 15 is 0 Å². The molecule has 0 aliphatic rings. The highest BCUT2D eigenvalue weighted by Gasteiger charge is 2.33. The lowest BCUT2D eigenvalue weighted by Gasteiger charge is -2.09. The fourth-order valence-corrected chi connectivity index (χ4v) is 2.40. The van der Waals surface area contributed by atoms with Crippen LogP contribution < -0.4 is 0 Å². The number of aryl methyl sites for hydroxylation is 1. The lowest BCUT2D eigenvalue weighted by atomic mass is 10.1. The van der Waals surface area contributed by atoms with Gasteiger partial charge in [0.1, 0.15) is 0 Å². The van der Waals surface area contributed by atoms with Crippen LogP contribution in [-0.2, 0) is 13.2 Å². The first-order valence-electron chi connectivity index (χ1n) is 5.18. The predicted molar refractivity (Wildman–Crippen MR) is 63.5 cm³/mol. The second-order valence-corrected chi connectivity index (χ2v) is 4.92. The smallest absolute Gasteiger partial charge is 0.275 e. The summed E-state index contributed by atoms with van der Waals surface area (Å²) in [6, 6.07) is 5.09. The zero-order valence-electron chi connectivity index (χ0n) is 9.77. The highest BCUT2D eigenvalue weighted by atomic mass is 32.2. The summed E-state index contributed by atoms with van der Waals surface area (Å²) in [5.41, 5.74) is -1.29. The van der Waals surface area contributed by atoms with Gasteiger partial charge in [0.05, 0.1) is 28.3 Å². The maximum atomic E-state index is 12.6. The Kier molecular flexibility index (Phi) is 3.53. The van der Waals surface area contributed by atoms with Crippen LogP contribution in [0.1, 0.15) is 11.1 Å². The molecule has 0 amide bonds. The van der Waals surface area contributed by atoms with E-state index in [9.17, 15) is 13.2 Å². The quantitative estimate of drug-likeness (QED) is 0.847. The molecule has 0 saturated carbocycles. The van der Waals surface area contributed by atoms with Crippen molar-refractivity contribution >= 4 is 11.8 Å². The molecule has 0 N–H and O–H groups in total. The number of rotatable bonds is 2. The molecule has 0 spiro atoms. The lowest BCUT2D eigenvalue weighted by molar-refractivity contribution is -0.137. The van der Waals surface area contributed by atoms with Gasteiger partial charge in [0, 0.05) is 18.1 Å². The third-order valence-corrected chi connectivity index (χ3v) is 3.27. The van der Waals surface area contributed by atoms with Crippen molar-refractivity contribution in [2.24, 2.45) is 7.05 Å². The minimum atomic E-state index is -4.51. The van der Waals surface area contributed by atoms with Crippen molar-refractivity contribution in [1.82, 2.24) is 9.78 Å². The number of hydrogen-bond donors (Lipinski definition) is 0. The van der Waals surface area contributed by atoms with E-state index in [0.29, 0.717) is 4.90 Å². The van der Waals surface area contributed by atoms with Gasteiger partial charge in [0.25, 0.3) is 0 Å². The maximum Gasteiger partial charge on any atom is 0.417 e. The van der Waals surface area contributed by atoms with Gasteiger partial charge < -0.3 is 0 Å². The molecule has 0 atom stereocenters. The van der Waals surface area contributed by atoms with E-state index in [4.69, 9.17) is 5.26 Å². The molecule has 1 aromatic carbocycles. The van der Waals surface area contributed by atoms with Gasteiger partial charge in [0.15, 0.2) is 0 Å². The molecule has 0 unspecified atom stereocenters. The Balaban J connectivity index is 2.32. The molecule has 0 saturated heterocycles. The number of hydrogen-bond acceptors (Lipinski definition) is 3. The second-order valence-electron chi connectivity index (χ2n) is 3.77. The summed E-state index contributed by atoms with van der Waals surface area (Å²) in [6.45, 7) is 0. The molecular weight excluding hydrogens is 275 g/mol. The number of halogens is 3. The zero-order valence-corrected chi connectivity index (χ0v) is 10.6. The molecule has 98 valence electrons. The van der Waals surface area contributed by atoms with Crippen molar-refractivity contribution in [3.05, 3.63) is 41.7 Å². The van der Waals surface area contributed by atoms with Crippen LogP contribution in [0.5, 0.6) is 0 Å². The van der Waals surface area contributed by atoms with Crippen LogP contribution in [0.15, 0.2) is 40.4 Å². The average Bonchev–Trinajstić information content (AvgIpc) is 2.73. The molecule has 1 aromatic heterocycles. The largest absolute Gasteiger partial charge is 0.417 e. The summed E-state index contributed by atoms with van der Waals surface area (Å²) in [7, 11) is 1.75. The van der Waals surface area contributed by atoms with Gasteiger partial charge in [0.2, 0.25) is 0 Å². The van der Waals surface area contributed by atoms with Crippen LogP contribution in [-0.4, -0.2) is 9.78 Å². The monoisotopic (exact) mass is 283 g/mol. The number of aromatic nitrogens is 2. The molecule has 0 aliphatic carbocycles. The molecule has 1 heterocycles. The van der Waals surface area contributed by atoms with E-state index in [-0.39, 0.29) is 5.56 Å². The van der Waals surface area contributed by atoms with Crippen LogP contribution in [0.4, 0.5) is 13.2 Å². The Morgan fingerprint density at radius 3 is 2.58 bits per heavy atom. The number of alkyl halides is 3. The van der Waals surface area contributed by atoms with Crippen LogP contribution in [0, 0.1) is 11.3 Å². The Bertz CT molecular complexity index is 640. The third kappa shape index (κ3) is 3.09. The summed E-state index contributed by atoms with van der Waals surface area (Å²) in [5.74, 6) is 0. The van der Waals surface area contributed by atoms with Gasteiger partial charge in [-0.1, -0.05) is 11.8 Å². The first kappa shape index (κ1) is 13.5. The number of nitriles is 1. The molecule has 3 nitrogen and oxygen atoms in total. The van der Waals surface area contributed by atoms with Crippen molar-refractivity contribution < 1.29 is 13.2 Å². The van der Waals surface area contributed by atoms with Crippen molar-refractivity contribution in [2.75, 3.05) is 0 Å². The van der Waals surface area contributed by atoms with Crippen molar-refractivity contribution in [3.8, 4) is 6.07 Å². The molecular formula is C12H8F3N3S. The Hall–Kier alpha value is -1.94. The third-order valence-electron chi connectivity index (χ3n) is 2.33. The molecule has 19 heavy (non-hydrogen) atoms. The van der Waals surface area contributed by atoms with E-state index in [1.807, 2.05) is 0 Å². The minimum absolute atomic E-state index is 0.374. The van der Waals surface area contributed by atoms with E-state index < -0.39 is 11.7 Å². The Labute approximate surface area is 111 Å². The molecule has 2 rings (SSSR count). The van der Waals surface area contributed by atoms with Gasteiger partial charge in [-0.05, 0) is 18.2 Å². The zero-order chi connectivity index (χ0) is 14.0. The Morgan fingerprint density at radius 1 is 1.32 bits per heavy atom. The molecule has 0 radical (unpaired) electrons. The van der Waals surface area contributed by atoms with Gasteiger partial charge in [-0.2, -0.15) is 23.5 Å². The van der Waals surface area contributed by atoms with Crippen LogP contribution >= 0.6 is 11.8 Å². The number of nitrogens with zero attached hydrogens (tertiary/aromatic N) is 3. The summed E-state index contributed by atoms with van der Waals surface area (Å²) in [4.78, 5) is 1.36. The lowest BCUT2D eigenvalue weighted by Crippen LogP contribution is -2.07. The molecule has 0 bridgehead atoms. The summed E-state index contributed by atoms with van der Waals surface area (Å²) in [5, 5.41) is 12.8. The molecule has 2 aromatic rings. The van der Waals surface area contributed by atoms with Crippen molar-refractivity contribution in [1.29, 1.82) is 5.26 Å². The summed E-state index contributed by atoms with van der Waals surface area (Å²) in [6.07, 6.45) is -1.16. The van der Waals surface area contributed by atoms with Gasteiger partial charge in [-0.25, -0.2) is 0 Å². The van der Waals surface area contributed by atoms with Crippen molar-refractivity contribution in [3.63, 3.8) is 0 Å². The fourth-order valence-electron chi connectivity index (χ4n) is 1.51. The highest BCUT2D eigenvalue weighted by Crippen LogP contribution is 2.35. The molecule has 7 heteroatoms. The summed E-state index contributed by atoms with van der Waals surface area (Å²) >= 11 is 1.26. The Morgan fingerprint density at radius 2 is 2.05 bits per heavy atom. The second kappa shape index (κ2) is 4.97. The van der Waals surface area contributed by atoms with Crippen LogP contribution in [0.3, 0.4) is 0 Å². The SMILES string of the molecule is Cn1cc(Sc2ccc(C(F)(F)F)c(C#N)c2)cn1. The molecule has 0 fully saturated rings. The average molecular weight is 283 g/mol. The first-order chi connectivity index (χ1) is 8.90. The summed E-state index contributed by atoms with van der Waals surface area (Å²) < 4.78 is 39.5. The van der Waals surface area contributed by atoms with E-state index in [1.165, 1.54) is 23.9 Å². The standard InChI is InChI=1S/C12H8F3N3S/c1-18-7-10(6-17-18)19-9-2-3-11(12(13,14)15)8(4-9)5-16/h2-4,6-7H,1H3. The first-order valence-corrected chi connectivity index (χ1v) is 5.99. The van der Waals surface area contributed by atoms with E-state index in [0.717, 1.165) is 11.0 Å². The van der Waals surface area contributed by atoms with Crippen LogP contribution in [0.2, 0.25) is 0 Å². The fraction of sp³-hybridized carbons (Fsp3) is 0.167. The van der Waals surface area contributed by atoms with Gasteiger partial charge >= 0.3 is 6.18 Å². The highest BCUT2D eigenvalue weighted by molar-refractivity contribution is 7.99. The van der Waals surface area contributed by atoms with Crippen molar-refractivity contribution in [2.45, 2.75) is 16.0 Å². The van der Waals surface area contributed by atoms with E-state index in [1.54, 1.807) is 30.2 Å². The van der Waals surface area contributed by atoms with Gasteiger partial charge in [-0.15, -0.1) is 0 Å². The number of benzene rings is 1. The normalized spacial score (nSPS) is 11.3. The minimum Gasteiger partial charge on any atom is -0.275 e. The topological polar surface area (TPSA) is 41.6 Å². The van der Waals surface area contributed by atoms with Crippen LogP contribution in [0.25, 0.3) is 0 Å². The predicted octanol–water partition coefficient (Wildman–Crippen LogP) is 3.46. The molecule has 0 aliphatic heterocycles. The van der Waals surface area contributed by atoms with E-state index in [2.05, 4.69) is 5.10 Å². The maximum absolute atomic E-state index is 12.6.